The van der Waals surface area contributed by atoms with Crippen molar-refractivity contribution >= 4 is 22.9 Å². The zero-order valence-corrected chi connectivity index (χ0v) is 15.0. The average Bonchev–Trinajstić information content (AvgIpc) is 3.36. The maximum Gasteiger partial charge on any atom is 0.228 e. The molecule has 0 spiro atoms. The SMILES string of the molecule is O=C(Nc1ccc(-c2cscn2)cc1)[C@H]1CCCN(Cc2ncon2)C1. The number of piperidine rings is 1. The molecule has 8 heteroatoms. The van der Waals surface area contributed by atoms with Gasteiger partial charge in [-0.1, -0.05) is 17.3 Å². The van der Waals surface area contributed by atoms with Crippen LogP contribution in [0.25, 0.3) is 11.3 Å². The molecule has 4 rings (SSSR count). The number of thiazole rings is 1. The zero-order valence-electron chi connectivity index (χ0n) is 14.2. The van der Waals surface area contributed by atoms with E-state index >= 15 is 0 Å². The fourth-order valence-electron chi connectivity index (χ4n) is 3.20. The number of carbonyl (C=O) groups excluding carboxylic acids is 1. The van der Waals surface area contributed by atoms with E-state index in [1.54, 1.807) is 11.3 Å². The van der Waals surface area contributed by atoms with E-state index in [2.05, 4.69) is 25.3 Å². The highest BCUT2D eigenvalue weighted by atomic mass is 32.1. The Hall–Kier alpha value is -2.58. The maximum atomic E-state index is 12.6. The highest BCUT2D eigenvalue weighted by molar-refractivity contribution is 7.07. The number of carbonyl (C=O) groups is 1. The molecule has 0 aliphatic carbocycles. The summed E-state index contributed by atoms with van der Waals surface area (Å²) >= 11 is 1.57. The van der Waals surface area contributed by atoms with Crippen molar-refractivity contribution in [2.24, 2.45) is 5.92 Å². The highest BCUT2D eigenvalue weighted by Crippen LogP contribution is 2.23. The lowest BCUT2D eigenvalue weighted by Gasteiger charge is -2.31. The number of anilines is 1. The minimum atomic E-state index is -0.0335. The van der Waals surface area contributed by atoms with Gasteiger partial charge in [0.25, 0.3) is 0 Å². The minimum Gasteiger partial charge on any atom is -0.343 e. The Labute approximate surface area is 155 Å². The molecule has 26 heavy (non-hydrogen) atoms. The summed E-state index contributed by atoms with van der Waals surface area (Å²) in [4.78, 5) is 23.2. The number of amides is 1. The number of hydrogen-bond acceptors (Lipinski definition) is 7. The lowest BCUT2D eigenvalue weighted by molar-refractivity contribution is -0.121. The summed E-state index contributed by atoms with van der Waals surface area (Å²) in [5, 5.41) is 8.88. The minimum absolute atomic E-state index is 0.0335. The smallest absolute Gasteiger partial charge is 0.228 e. The van der Waals surface area contributed by atoms with Gasteiger partial charge in [-0.3, -0.25) is 9.69 Å². The number of aromatic nitrogens is 3. The molecule has 1 fully saturated rings. The number of nitrogens with zero attached hydrogens (tertiary/aromatic N) is 4. The van der Waals surface area contributed by atoms with Gasteiger partial charge < -0.3 is 9.84 Å². The summed E-state index contributed by atoms with van der Waals surface area (Å²) in [5.74, 6) is 0.682. The summed E-state index contributed by atoms with van der Waals surface area (Å²) in [6, 6.07) is 7.81. The van der Waals surface area contributed by atoms with Gasteiger partial charge in [-0.2, -0.15) is 4.98 Å². The third kappa shape index (κ3) is 3.97. The van der Waals surface area contributed by atoms with Crippen LogP contribution in [0.2, 0.25) is 0 Å². The van der Waals surface area contributed by atoms with E-state index in [9.17, 15) is 4.79 Å². The second-order valence-corrected chi connectivity index (χ2v) is 7.08. The molecule has 1 atom stereocenters. The van der Waals surface area contributed by atoms with E-state index in [1.807, 2.05) is 35.2 Å². The van der Waals surface area contributed by atoms with Crippen molar-refractivity contribution in [1.29, 1.82) is 0 Å². The summed E-state index contributed by atoms with van der Waals surface area (Å²) in [7, 11) is 0. The number of hydrogen-bond donors (Lipinski definition) is 1. The lowest BCUT2D eigenvalue weighted by Crippen LogP contribution is -2.40. The quantitative estimate of drug-likeness (QED) is 0.744. The first-order valence-electron chi connectivity index (χ1n) is 8.55. The molecule has 3 heterocycles. The van der Waals surface area contributed by atoms with E-state index in [4.69, 9.17) is 4.52 Å². The Kier molecular flexibility index (Phi) is 5.03. The van der Waals surface area contributed by atoms with Crippen molar-refractivity contribution < 1.29 is 9.32 Å². The molecule has 7 nitrogen and oxygen atoms in total. The molecule has 0 radical (unpaired) electrons. The third-order valence-corrected chi connectivity index (χ3v) is 5.12. The molecule has 0 unspecified atom stereocenters. The van der Waals surface area contributed by atoms with Crippen LogP contribution in [0, 0.1) is 5.92 Å². The first-order valence-corrected chi connectivity index (χ1v) is 9.49. The predicted molar refractivity (Wildman–Crippen MR) is 98.5 cm³/mol. The molecule has 2 aromatic heterocycles. The van der Waals surface area contributed by atoms with Gasteiger partial charge in [0.05, 0.1) is 23.7 Å². The van der Waals surface area contributed by atoms with Crippen molar-refractivity contribution in [3.05, 3.63) is 47.4 Å². The van der Waals surface area contributed by atoms with Crippen LogP contribution in [0.4, 0.5) is 5.69 Å². The van der Waals surface area contributed by atoms with E-state index in [-0.39, 0.29) is 11.8 Å². The number of rotatable bonds is 5. The molecule has 1 aliphatic heterocycles. The number of benzene rings is 1. The van der Waals surface area contributed by atoms with Crippen LogP contribution in [0.15, 0.2) is 46.1 Å². The molecule has 1 N–H and O–H groups in total. The van der Waals surface area contributed by atoms with Crippen molar-refractivity contribution in [3.8, 4) is 11.3 Å². The summed E-state index contributed by atoms with van der Waals surface area (Å²) < 4.78 is 4.77. The zero-order chi connectivity index (χ0) is 17.8. The fourth-order valence-corrected chi connectivity index (χ4v) is 3.76. The second kappa shape index (κ2) is 7.76. The largest absolute Gasteiger partial charge is 0.343 e. The first-order chi connectivity index (χ1) is 12.8. The lowest BCUT2D eigenvalue weighted by atomic mass is 9.97. The predicted octanol–water partition coefficient (Wildman–Crippen LogP) is 3.04. The van der Waals surface area contributed by atoms with Crippen molar-refractivity contribution in [2.45, 2.75) is 19.4 Å². The normalized spacial score (nSPS) is 17.9. The Morgan fingerprint density at radius 1 is 1.31 bits per heavy atom. The third-order valence-electron chi connectivity index (χ3n) is 4.53. The van der Waals surface area contributed by atoms with Crippen molar-refractivity contribution in [2.75, 3.05) is 18.4 Å². The Morgan fingerprint density at radius 3 is 2.92 bits per heavy atom. The van der Waals surface area contributed by atoms with E-state index < -0.39 is 0 Å². The van der Waals surface area contributed by atoms with Crippen LogP contribution in [0.1, 0.15) is 18.7 Å². The number of likely N-dealkylation sites (tertiary alicyclic amines) is 1. The van der Waals surface area contributed by atoms with E-state index in [0.717, 1.165) is 36.3 Å². The summed E-state index contributed by atoms with van der Waals surface area (Å²) in [5.41, 5.74) is 4.63. The van der Waals surface area contributed by atoms with Crippen molar-refractivity contribution in [1.82, 2.24) is 20.0 Å². The van der Waals surface area contributed by atoms with Crippen LogP contribution in [-0.2, 0) is 11.3 Å². The van der Waals surface area contributed by atoms with E-state index in [0.29, 0.717) is 18.9 Å². The molecule has 3 aromatic rings. The number of nitrogens with one attached hydrogen (secondary N) is 1. The molecule has 134 valence electrons. The summed E-state index contributed by atoms with van der Waals surface area (Å²) in [6.07, 6.45) is 3.21. The molecular weight excluding hydrogens is 350 g/mol. The molecule has 1 amide bonds. The van der Waals surface area contributed by atoms with Crippen LogP contribution >= 0.6 is 11.3 Å². The van der Waals surface area contributed by atoms with Gasteiger partial charge in [0.1, 0.15) is 0 Å². The van der Waals surface area contributed by atoms with Gasteiger partial charge in [0, 0.05) is 23.2 Å². The molecule has 1 saturated heterocycles. The van der Waals surface area contributed by atoms with Gasteiger partial charge >= 0.3 is 0 Å². The van der Waals surface area contributed by atoms with Crippen LogP contribution < -0.4 is 5.32 Å². The highest BCUT2D eigenvalue weighted by Gasteiger charge is 2.26. The fraction of sp³-hybridized carbons (Fsp3) is 0.333. The second-order valence-electron chi connectivity index (χ2n) is 6.36. The van der Waals surface area contributed by atoms with Crippen LogP contribution in [0.5, 0.6) is 0 Å². The standard InChI is InChI=1S/C18H19N5O2S/c24-18(14-2-1-7-23(8-14)9-17-19-11-25-22-17)21-15-5-3-13(4-6-15)16-10-26-12-20-16/h3-6,10-12,14H,1-2,7-9H2,(H,21,24)/t14-/m0/s1. The molecule has 0 bridgehead atoms. The maximum absolute atomic E-state index is 12.6. The van der Waals surface area contributed by atoms with Gasteiger partial charge in [-0.05, 0) is 31.5 Å². The van der Waals surface area contributed by atoms with E-state index in [1.165, 1.54) is 6.39 Å². The van der Waals surface area contributed by atoms with Gasteiger partial charge in [-0.15, -0.1) is 11.3 Å². The van der Waals surface area contributed by atoms with Crippen molar-refractivity contribution in [3.63, 3.8) is 0 Å². The van der Waals surface area contributed by atoms with Gasteiger partial charge in [-0.25, -0.2) is 4.98 Å². The summed E-state index contributed by atoms with van der Waals surface area (Å²) in [6.45, 7) is 2.26. The van der Waals surface area contributed by atoms with Crippen LogP contribution in [-0.4, -0.2) is 39.0 Å². The first kappa shape index (κ1) is 16.9. The van der Waals surface area contributed by atoms with Crippen LogP contribution in [0.3, 0.4) is 0 Å². The monoisotopic (exact) mass is 369 g/mol. The topological polar surface area (TPSA) is 84.2 Å². The Bertz CT molecular complexity index is 833. The van der Waals surface area contributed by atoms with Gasteiger partial charge in [0.15, 0.2) is 5.82 Å². The van der Waals surface area contributed by atoms with Gasteiger partial charge in [0.2, 0.25) is 12.3 Å². The molecular formula is C18H19N5O2S. The molecule has 0 saturated carbocycles. The average molecular weight is 369 g/mol. The Balaban J connectivity index is 1.35. The molecule has 1 aromatic carbocycles. The molecule has 1 aliphatic rings. The Morgan fingerprint density at radius 2 is 2.19 bits per heavy atom.